The quantitative estimate of drug-likeness (QED) is 0.860. The van der Waals surface area contributed by atoms with E-state index in [1.54, 1.807) is 6.26 Å². The molecule has 3 rings (SSSR count). The summed E-state index contributed by atoms with van der Waals surface area (Å²) in [5.74, 6) is 1.51. The van der Waals surface area contributed by atoms with Crippen molar-refractivity contribution in [1.29, 1.82) is 0 Å². The SMILES string of the molecule is CC(NC(=O)CN(C)C1CCC(c2ccccc2)CC1)c1ccco1. The fraction of sp³-hybridized carbons (Fsp3) is 0.476. The molecule has 1 fully saturated rings. The Morgan fingerprint density at radius 2 is 1.88 bits per heavy atom. The van der Waals surface area contributed by atoms with Crippen LogP contribution in [0.1, 0.15) is 55.9 Å². The van der Waals surface area contributed by atoms with E-state index < -0.39 is 0 Å². The summed E-state index contributed by atoms with van der Waals surface area (Å²) in [6.45, 7) is 2.38. The van der Waals surface area contributed by atoms with Gasteiger partial charge in [0.15, 0.2) is 0 Å². The number of furan rings is 1. The first-order chi connectivity index (χ1) is 12.1. The van der Waals surface area contributed by atoms with Crippen molar-refractivity contribution >= 4 is 5.91 Å². The molecule has 1 heterocycles. The van der Waals surface area contributed by atoms with Crippen LogP contribution in [0.2, 0.25) is 0 Å². The second kappa shape index (κ2) is 8.34. The Balaban J connectivity index is 1.44. The number of carbonyl (C=O) groups is 1. The zero-order valence-corrected chi connectivity index (χ0v) is 15.2. The van der Waals surface area contributed by atoms with Crippen LogP contribution in [-0.4, -0.2) is 30.4 Å². The lowest BCUT2D eigenvalue weighted by Gasteiger charge is -2.34. The van der Waals surface area contributed by atoms with E-state index >= 15 is 0 Å². The van der Waals surface area contributed by atoms with Crippen LogP contribution in [-0.2, 0) is 4.79 Å². The topological polar surface area (TPSA) is 45.5 Å². The van der Waals surface area contributed by atoms with Gasteiger partial charge < -0.3 is 9.73 Å². The van der Waals surface area contributed by atoms with Gasteiger partial charge in [-0.05, 0) is 63.3 Å². The first-order valence-corrected chi connectivity index (χ1v) is 9.21. The number of amides is 1. The molecule has 4 nitrogen and oxygen atoms in total. The van der Waals surface area contributed by atoms with Gasteiger partial charge in [0.25, 0.3) is 0 Å². The number of nitrogens with one attached hydrogen (secondary N) is 1. The number of carbonyl (C=O) groups excluding carboxylic acids is 1. The normalized spacial score (nSPS) is 21.9. The number of hydrogen-bond donors (Lipinski definition) is 1. The summed E-state index contributed by atoms with van der Waals surface area (Å²) < 4.78 is 5.34. The van der Waals surface area contributed by atoms with Gasteiger partial charge in [-0.3, -0.25) is 9.69 Å². The van der Waals surface area contributed by atoms with Crippen LogP contribution in [0.3, 0.4) is 0 Å². The van der Waals surface area contributed by atoms with E-state index in [0.29, 0.717) is 18.5 Å². The van der Waals surface area contributed by atoms with Crippen LogP contribution < -0.4 is 5.32 Å². The van der Waals surface area contributed by atoms with E-state index in [1.807, 2.05) is 19.1 Å². The minimum atomic E-state index is -0.0929. The number of benzene rings is 1. The van der Waals surface area contributed by atoms with Crippen LogP contribution in [0.25, 0.3) is 0 Å². The van der Waals surface area contributed by atoms with Gasteiger partial charge in [-0.1, -0.05) is 30.3 Å². The Kier molecular flexibility index (Phi) is 5.92. The van der Waals surface area contributed by atoms with E-state index in [9.17, 15) is 4.79 Å². The predicted octanol–water partition coefficient (Wildman–Crippen LogP) is 4.12. The van der Waals surface area contributed by atoms with Gasteiger partial charge in [0, 0.05) is 6.04 Å². The number of likely N-dealkylation sites (N-methyl/N-ethyl adjacent to an activating group) is 1. The van der Waals surface area contributed by atoms with Crippen molar-refractivity contribution in [3.05, 3.63) is 60.1 Å². The number of hydrogen-bond acceptors (Lipinski definition) is 3. The molecule has 1 unspecified atom stereocenters. The lowest BCUT2D eigenvalue weighted by molar-refractivity contribution is -0.123. The van der Waals surface area contributed by atoms with E-state index in [4.69, 9.17) is 4.42 Å². The van der Waals surface area contributed by atoms with Crippen molar-refractivity contribution < 1.29 is 9.21 Å². The summed E-state index contributed by atoms with van der Waals surface area (Å²) in [5.41, 5.74) is 1.45. The molecule has 0 radical (unpaired) electrons. The van der Waals surface area contributed by atoms with Gasteiger partial charge in [0.2, 0.25) is 5.91 Å². The fourth-order valence-corrected chi connectivity index (χ4v) is 3.83. The van der Waals surface area contributed by atoms with E-state index in [0.717, 1.165) is 18.6 Å². The molecule has 1 aromatic heterocycles. The third-order valence-corrected chi connectivity index (χ3v) is 5.33. The van der Waals surface area contributed by atoms with Gasteiger partial charge in [-0.15, -0.1) is 0 Å². The van der Waals surface area contributed by atoms with E-state index in [1.165, 1.54) is 18.4 Å². The van der Waals surface area contributed by atoms with Crippen molar-refractivity contribution in [3.8, 4) is 0 Å². The molecule has 0 saturated heterocycles. The highest BCUT2D eigenvalue weighted by atomic mass is 16.3. The van der Waals surface area contributed by atoms with Crippen LogP contribution in [0, 0.1) is 0 Å². The van der Waals surface area contributed by atoms with Gasteiger partial charge >= 0.3 is 0 Å². The molecular weight excluding hydrogens is 312 g/mol. The minimum absolute atomic E-state index is 0.0524. The molecule has 1 aliphatic carbocycles. The lowest BCUT2D eigenvalue weighted by Crippen LogP contribution is -2.42. The van der Waals surface area contributed by atoms with Crippen molar-refractivity contribution in [2.24, 2.45) is 0 Å². The molecule has 1 saturated carbocycles. The minimum Gasteiger partial charge on any atom is -0.467 e. The zero-order chi connectivity index (χ0) is 17.6. The molecule has 0 bridgehead atoms. The van der Waals surface area contributed by atoms with Crippen molar-refractivity contribution in [2.75, 3.05) is 13.6 Å². The molecule has 0 spiro atoms. The average Bonchev–Trinajstić information content (AvgIpc) is 3.17. The summed E-state index contributed by atoms with van der Waals surface area (Å²) in [7, 11) is 2.06. The second-order valence-corrected chi connectivity index (χ2v) is 7.14. The molecular formula is C21H28N2O2. The van der Waals surface area contributed by atoms with Gasteiger partial charge in [-0.2, -0.15) is 0 Å². The Hall–Kier alpha value is -2.07. The summed E-state index contributed by atoms with van der Waals surface area (Å²) in [4.78, 5) is 14.5. The molecule has 0 aliphatic heterocycles. The van der Waals surface area contributed by atoms with Gasteiger partial charge in [0.1, 0.15) is 5.76 Å². The van der Waals surface area contributed by atoms with Crippen molar-refractivity contribution in [1.82, 2.24) is 10.2 Å². The lowest BCUT2D eigenvalue weighted by atomic mass is 9.81. The zero-order valence-electron chi connectivity index (χ0n) is 15.2. The molecule has 2 aromatic rings. The highest BCUT2D eigenvalue weighted by molar-refractivity contribution is 5.78. The Morgan fingerprint density at radius 1 is 1.16 bits per heavy atom. The predicted molar refractivity (Wildman–Crippen MR) is 99.3 cm³/mol. The molecule has 1 amide bonds. The van der Waals surface area contributed by atoms with Gasteiger partial charge in [-0.25, -0.2) is 0 Å². The summed E-state index contributed by atoms with van der Waals surface area (Å²) >= 11 is 0. The Bertz CT molecular complexity index is 646. The monoisotopic (exact) mass is 340 g/mol. The van der Waals surface area contributed by atoms with E-state index in [-0.39, 0.29) is 11.9 Å². The molecule has 1 aliphatic rings. The summed E-state index contributed by atoms with van der Waals surface area (Å²) in [6, 6.07) is 14.9. The molecule has 25 heavy (non-hydrogen) atoms. The average molecular weight is 340 g/mol. The maximum Gasteiger partial charge on any atom is 0.234 e. The third kappa shape index (κ3) is 4.73. The smallest absolute Gasteiger partial charge is 0.234 e. The fourth-order valence-electron chi connectivity index (χ4n) is 3.83. The van der Waals surface area contributed by atoms with Crippen molar-refractivity contribution in [2.45, 2.75) is 50.6 Å². The van der Waals surface area contributed by atoms with Crippen LogP contribution >= 0.6 is 0 Å². The third-order valence-electron chi connectivity index (χ3n) is 5.33. The molecule has 1 aromatic carbocycles. The Labute approximate surface area is 150 Å². The summed E-state index contributed by atoms with van der Waals surface area (Å²) in [5, 5.41) is 3.01. The first-order valence-electron chi connectivity index (χ1n) is 9.21. The molecule has 1 N–H and O–H groups in total. The van der Waals surface area contributed by atoms with Crippen molar-refractivity contribution in [3.63, 3.8) is 0 Å². The second-order valence-electron chi connectivity index (χ2n) is 7.14. The first kappa shape index (κ1) is 17.7. The molecule has 4 heteroatoms. The Morgan fingerprint density at radius 3 is 2.52 bits per heavy atom. The highest BCUT2D eigenvalue weighted by Gasteiger charge is 2.26. The standard InChI is InChI=1S/C21H28N2O2/c1-16(20-9-6-14-25-20)22-21(24)15-23(2)19-12-10-18(11-13-19)17-7-4-3-5-8-17/h3-9,14,16,18-19H,10-13,15H2,1-2H3,(H,22,24). The maximum atomic E-state index is 12.3. The van der Waals surface area contributed by atoms with E-state index in [2.05, 4.69) is 47.6 Å². The largest absolute Gasteiger partial charge is 0.467 e. The summed E-state index contributed by atoms with van der Waals surface area (Å²) in [6.07, 6.45) is 6.33. The number of nitrogens with zero attached hydrogens (tertiary/aromatic N) is 1. The van der Waals surface area contributed by atoms with Crippen LogP contribution in [0.5, 0.6) is 0 Å². The van der Waals surface area contributed by atoms with Gasteiger partial charge in [0.05, 0.1) is 18.8 Å². The maximum absolute atomic E-state index is 12.3. The molecule has 1 atom stereocenters. The van der Waals surface area contributed by atoms with Crippen LogP contribution in [0.4, 0.5) is 0 Å². The molecule has 134 valence electrons. The highest BCUT2D eigenvalue weighted by Crippen LogP contribution is 2.34. The number of rotatable bonds is 6. The van der Waals surface area contributed by atoms with Crippen LogP contribution in [0.15, 0.2) is 53.1 Å².